The molecule has 1 atom stereocenters. The molecule has 1 unspecified atom stereocenters. The smallest absolute Gasteiger partial charge is 0.408 e. The van der Waals surface area contributed by atoms with E-state index in [2.05, 4.69) is 24.5 Å². The second kappa shape index (κ2) is 26.4. The molecule has 2 N–H and O–H groups in total. The Balaban J connectivity index is 3.89. The predicted octanol–water partition coefficient (Wildman–Crippen LogP) is 6.57. The molecule has 0 fully saturated rings. The Kier molecular flexibility index (Phi) is 25.7. The SMILES string of the molecule is CCCCCCCCCCOCC(CNC(=O)OCNC)OCCCCCCCCCC. The molecular weight excluding hydrogens is 404 g/mol. The summed E-state index contributed by atoms with van der Waals surface area (Å²) in [4.78, 5) is 11.7. The highest BCUT2D eigenvalue weighted by Crippen LogP contribution is 2.10. The van der Waals surface area contributed by atoms with Gasteiger partial charge in [-0.1, -0.05) is 104 Å². The van der Waals surface area contributed by atoms with E-state index in [0.29, 0.717) is 19.8 Å². The van der Waals surface area contributed by atoms with Crippen molar-refractivity contribution in [3.63, 3.8) is 0 Å². The Bertz CT molecular complexity index is 383. The lowest BCUT2D eigenvalue weighted by Gasteiger charge is -2.19. The van der Waals surface area contributed by atoms with E-state index in [0.717, 1.165) is 19.4 Å². The lowest BCUT2D eigenvalue weighted by atomic mass is 10.1. The fourth-order valence-corrected chi connectivity index (χ4v) is 3.59. The van der Waals surface area contributed by atoms with E-state index in [1.54, 1.807) is 7.05 Å². The number of ether oxygens (including phenoxy) is 3. The number of hydrogen-bond donors (Lipinski definition) is 2. The van der Waals surface area contributed by atoms with Crippen LogP contribution >= 0.6 is 0 Å². The van der Waals surface area contributed by atoms with Gasteiger partial charge < -0.3 is 19.5 Å². The zero-order chi connectivity index (χ0) is 23.5. The van der Waals surface area contributed by atoms with Gasteiger partial charge in [-0.05, 0) is 19.9 Å². The predicted molar refractivity (Wildman–Crippen MR) is 134 cm³/mol. The van der Waals surface area contributed by atoms with Gasteiger partial charge in [-0.3, -0.25) is 5.32 Å². The lowest BCUT2D eigenvalue weighted by Crippen LogP contribution is -2.37. The number of carbonyl (C=O) groups excluding carboxylic acids is 1. The van der Waals surface area contributed by atoms with Crippen molar-refractivity contribution in [3.05, 3.63) is 0 Å². The van der Waals surface area contributed by atoms with Crippen LogP contribution in [-0.2, 0) is 14.2 Å². The molecule has 192 valence electrons. The summed E-state index contributed by atoms with van der Waals surface area (Å²) in [6, 6.07) is 0. The van der Waals surface area contributed by atoms with Crippen molar-refractivity contribution in [2.75, 3.05) is 40.1 Å². The van der Waals surface area contributed by atoms with Crippen LogP contribution in [0.15, 0.2) is 0 Å². The number of amides is 1. The molecule has 0 aliphatic heterocycles. The molecule has 1 amide bonds. The van der Waals surface area contributed by atoms with Gasteiger partial charge in [0.15, 0.2) is 0 Å². The monoisotopic (exact) mass is 458 g/mol. The highest BCUT2D eigenvalue weighted by Gasteiger charge is 2.12. The number of hydrogen-bond acceptors (Lipinski definition) is 5. The summed E-state index contributed by atoms with van der Waals surface area (Å²) < 4.78 is 16.9. The molecule has 0 aromatic carbocycles. The third kappa shape index (κ3) is 23.8. The molecule has 0 bridgehead atoms. The first-order valence-corrected chi connectivity index (χ1v) is 13.5. The van der Waals surface area contributed by atoms with Crippen LogP contribution in [0, 0.1) is 0 Å². The van der Waals surface area contributed by atoms with E-state index in [-0.39, 0.29) is 12.8 Å². The zero-order valence-electron chi connectivity index (χ0n) is 21.6. The van der Waals surface area contributed by atoms with Crippen molar-refractivity contribution in [1.82, 2.24) is 10.6 Å². The minimum atomic E-state index is -0.428. The van der Waals surface area contributed by atoms with Gasteiger partial charge in [-0.25, -0.2) is 4.79 Å². The average Bonchev–Trinajstić information content (AvgIpc) is 2.80. The van der Waals surface area contributed by atoms with E-state index in [1.165, 1.54) is 89.9 Å². The van der Waals surface area contributed by atoms with Gasteiger partial charge >= 0.3 is 6.09 Å². The van der Waals surface area contributed by atoms with E-state index in [9.17, 15) is 4.79 Å². The highest BCUT2D eigenvalue weighted by atomic mass is 16.6. The Morgan fingerprint density at radius 2 is 1.22 bits per heavy atom. The van der Waals surface area contributed by atoms with Crippen molar-refractivity contribution in [2.45, 2.75) is 123 Å². The second-order valence-electron chi connectivity index (χ2n) is 8.83. The Morgan fingerprint density at radius 3 is 1.75 bits per heavy atom. The summed E-state index contributed by atoms with van der Waals surface area (Å²) in [6.45, 7) is 7.11. The van der Waals surface area contributed by atoms with Gasteiger partial charge in [0.25, 0.3) is 0 Å². The number of unbranched alkanes of at least 4 members (excludes halogenated alkanes) is 14. The number of rotatable bonds is 25. The summed E-state index contributed by atoms with van der Waals surface area (Å²) in [7, 11) is 1.74. The Labute approximate surface area is 198 Å². The van der Waals surface area contributed by atoms with Crippen molar-refractivity contribution < 1.29 is 19.0 Å². The number of carbonyl (C=O) groups is 1. The van der Waals surface area contributed by atoms with Crippen LogP contribution in [0.5, 0.6) is 0 Å². The van der Waals surface area contributed by atoms with Gasteiger partial charge in [0.2, 0.25) is 0 Å². The number of alkyl carbamates (subject to hydrolysis) is 1. The molecule has 0 aromatic heterocycles. The van der Waals surface area contributed by atoms with E-state index < -0.39 is 6.09 Å². The van der Waals surface area contributed by atoms with Crippen LogP contribution in [0.1, 0.15) is 117 Å². The maximum absolute atomic E-state index is 11.7. The van der Waals surface area contributed by atoms with Crippen molar-refractivity contribution in [1.29, 1.82) is 0 Å². The molecule has 0 aromatic rings. The first-order valence-electron chi connectivity index (χ1n) is 13.5. The van der Waals surface area contributed by atoms with Gasteiger partial charge in [0.05, 0.1) is 12.7 Å². The van der Waals surface area contributed by atoms with Gasteiger partial charge in [-0.2, -0.15) is 0 Å². The van der Waals surface area contributed by atoms with Gasteiger partial charge in [0, 0.05) is 19.8 Å². The van der Waals surface area contributed by atoms with Gasteiger partial charge in [-0.15, -0.1) is 0 Å². The molecule has 0 saturated carbocycles. The summed E-state index contributed by atoms with van der Waals surface area (Å²) in [5.74, 6) is 0. The standard InChI is InChI=1S/C26H54N2O4/c1-4-6-8-10-12-14-16-18-20-30-23-25(22-28-26(29)32-24-27-3)31-21-19-17-15-13-11-9-7-5-2/h25,27H,4-24H2,1-3H3,(H,28,29). The van der Waals surface area contributed by atoms with Crippen LogP contribution in [-0.4, -0.2) is 52.3 Å². The zero-order valence-corrected chi connectivity index (χ0v) is 21.6. The fraction of sp³-hybridized carbons (Fsp3) is 0.962. The minimum absolute atomic E-state index is 0.129. The quantitative estimate of drug-likeness (QED) is 0.120. The van der Waals surface area contributed by atoms with Crippen molar-refractivity contribution in [2.24, 2.45) is 0 Å². The van der Waals surface area contributed by atoms with Crippen LogP contribution < -0.4 is 10.6 Å². The molecule has 0 aliphatic rings. The fourth-order valence-electron chi connectivity index (χ4n) is 3.59. The van der Waals surface area contributed by atoms with E-state index in [1.807, 2.05) is 0 Å². The molecule has 6 heteroatoms. The average molecular weight is 459 g/mol. The summed E-state index contributed by atoms with van der Waals surface area (Å²) >= 11 is 0. The lowest BCUT2D eigenvalue weighted by molar-refractivity contribution is -0.0175. The van der Waals surface area contributed by atoms with Crippen LogP contribution in [0.3, 0.4) is 0 Å². The number of nitrogens with one attached hydrogen (secondary N) is 2. The third-order valence-electron chi connectivity index (χ3n) is 5.62. The normalized spacial score (nSPS) is 12.1. The summed E-state index contributed by atoms with van der Waals surface area (Å²) in [5.41, 5.74) is 0. The van der Waals surface area contributed by atoms with E-state index in [4.69, 9.17) is 14.2 Å². The second-order valence-corrected chi connectivity index (χ2v) is 8.83. The summed E-state index contributed by atoms with van der Waals surface area (Å²) in [6.07, 6.45) is 20.0. The molecule has 6 nitrogen and oxygen atoms in total. The molecule has 0 rings (SSSR count). The minimum Gasteiger partial charge on any atom is -0.434 e. The first kappa shape index (κ1) is 31.1. The topological polar surface area (TPSA) is 68.8 Å². The highest BCUT2D eigenvalue weighted by molar-refractivity contribution is 5.67. The van der Waals surface area contributed by atoms with Crippen LogP contribution in [0.2, 0.25) is 0 Å². The summed E-state index contributed by atoms with van der Waals surface area (Å²) in [5, 5.41) is 5.57. The van der Waals surface area contributed by atoms with Crippen LogP contribution in [0.4, 0.5) is 4.79 Å². The van der Waals surface area contributed by atoms with Crippen molar-refractivity contribution >= 4 is 6.09 Å². The largest absolute Gasteiger partial charge is 0.434 e. The molecule has 0 radical (unpaired) electrons. The van der Waals surface area contributed by atoms with Gasteiger partial charge in [0.1, 0.15) is 6.73 Å². The van der Waals surface area contributed by atoms with E-state index >= 15 is 0 Å². The maximum Gasteiger partial charge on any atom is 0.408 e. The molecule has 0 aliphatic carbocycles. The Hall–Kier alpha value is -0.850. The Morgan fingerprint density at radius 1 is 0.719 bits per heavy atom. The molecule has 0 heterocycles. The first-order chi connectivity index (χ1) is 15.7. The van der Waals surface area contributed by atoms with Crippen molar-refractivity contribution in [3.8, 4) is 0 Å². The molecule has 0 spiro atoms. The van der Waals surface area contributed by atoms with Crippen LogP contribution in [0.25, 0.3) is 0 Å². The molecule has 0 saturated heterocycles. The molecular formula is C26H54N2O4. The third-order valence-corrected chi connectivity index (χ3v) is 5.62. The maximum atomic E-state index is 11.7. The molecule has 32 heavy (non-hydrogen) atoms.